The standard InChI is InChI=1S/C16H23NO2/c1-12-4-5-14(18-3)13(8-12)16(10-19-11-16)15(6-7-15)9-17-2/h4-5,8,17H,6-7,9-11H2,1-3H3. The molecular weight excluding hydrogens is 238 g/mol. The van der Waals surface area contributed by atoms with Crippen LogP contribution in [0.3, 0.4) is 0 Å². The summed E-state index contributed by atoms with van der Waals surface area (Å²) < 4.78 is 11.2. The SMILES string of the molecule is CNCC1(C2(c3cc(C)ccc3OC)COC2)CC1. The van der Waals surface area contributed by atoms with Crippen molar-refractivity contribution < 1.29 is 9.47 Å². The van der Waals surface area contributed by atoms with Gasteiger partial charge in [0.25, 0.3) is 0 Å². The van der Waals surface area contributed by atoms with Gasteiger partial charge in [0.2, 0.25) is 0 Å². The first-order valence-corrected chi connectivity index (χ1v) is 7.05. The number of hydrogen-bond acceptors (Lipinski definition) is 3. The topological polar surface area (TPSA) is 30.5 Å². The maximum absolute atomic E-state index is 5.62. The van der Waals surface area contributed by atoms with Gasteiger partial charge in [-0.2, -0.15) is 0 Å². The summed E-state index contributed by atoms with van der Waals surface area (Å²) >= 11 is 0. The monoisotopic (exact) mass is 261 g/mol. The average Bonchev–Trinajstić information content (AvgIpc) is 3.09. The van der Waals surface area contributed by atoms with E-state index in [9.17, 15) is 0 Å². The predicted octanol–water partition coefficient (Wildman–Crippen LogP) is 2.27. The van der Waals surface area contributed by atoms with Crippen molar-refractivity contribution in [1.29, 1.82) is 0 Å². The van der Waals surface area contributed by atoms with Gasteiger partial charge in [-0.15, -0.1) is 0 Å². The third-order valence-electron chi connectivity index (χ3n) is 4.95. The molecule has 2 aliphatic rings. The highest BCUT2D eigenvalue weighted by Gasteiger charge is 2.63. The first-order valence-electron chi connectivity index (χ1n) is 7.05. The molecule has 0 amide bonds. The van der Waals surface area contributed by atoms with Gasteiger partial charge in [-0.1, -0.05) is 17.7 Å². The Kier molecular flexibility index (Phi) is 3.06. The fourth-order valence-electron chi connectivity index (χ4n) is 3.56. The van der Waals surface area contributed by atoms with E-state index in [1.54, 1.807) is 7.11 Å². The average molecular weight is 261 g/mol. The third-order valence-corrected chi connectivity index (χ3v) is 4.95. The van der Waals surface area contributed by atoms with E-state index < -0.39 is 0 Å². The molecule has 0 bridgehead atoms. The molecule has 1 saturated heterocycles. The number of benzene rings is 1. The molecule has 1 aromatic carbocycles. The van der Waals surface area contributed by atoms with Gasteiger partial charge >= 0.3 is 0 Å². The molecule has 3 heteroatoms. The van der Waals surface area contributed by atoms with Crippen LogP contribution in [0.25, 0.3) is 0 Å². The van der Waals surface area contributed by atoms with E-state index in [0.717, 1.165) is 25.5 Å². The predicted molar refractivity (Wildman–Crippen MR) is 75.8 cm³/mol. The fraction of sp³-hybridized carbons (Fsp3) is 0.625. The van der Waals surface area contributed by atoms with Crippen molar-refractivity contribution in [2.45, 2.75) is 25.2 Å². The minimum Gasteiger partial charge on any atom is -0.496 e. The van der Waals surface area contributed by atoms with Crippen molar-refractivity contribution in [2.24, 2.45) is 5.41 Å². The van der Waals surface area contributed by atoms with Crippen molar-refractivity contribution in [1.82, 2.24) is 5.32 Å². The molecule has 1 saturated carbocycles. The highest BCUT2D eigenvalue weighted by Crippen LogP contribution is 2.63. The molecule has 0 aromatic heterocycles. The van der Waals surface area contributed by atoms with Crippen LogP contribution in [0.5, 0.6) is 5.75 Å². The van der Waals surface area contributed by atoms with Crippen LogP contribution in [0.2, 0.25) is 0 Å². The van der Waals surface area contributed by atoms with Crippen LogP contribution in [0.4, 0.5) is 0 Å². The number of ether oxygens (including phenoxy) is 2. The fourth-order valence-corrected chi connectivity index (χ4v) is 3.56. The Balaban J connectivity index is 2.05. The first-order chi connectivity index (χ1) is 9.17. The van der Waals surface area contributed by atoms with E-state index in [0.29, 0.717) is 5.41 Å². The Morgan fingerprint density at radius 2 is 2.05 bits per heavy atom. The van der Waals surface area contributed by atoms with Crippen LogP contribution in [-0.2, 0) is 10.2 Å². The second-order valence-electron chi connectivity index (χ2n) is 6.09. The molecule has 2 fully saturated rings. The van der Waals surface area contributed by atoms with E-state index >= 15 is 0 Å². The second kappa shape index (κ2) is 4.50. The number of nitrogens with one attached hydrogen (secondary N) is 1. The summed E-state index contributed by atoms with van der Waals surface area (Å²) in [6.07, 6.45) is 2.57. The lowest BCUT2D eigenvalue weighted by Crippen LogP contribution is -2.56. The molecule has 1 aliphatic carbocycles. The minimum absolute atomic E-state index is 0.146. The molecule has 0 unspecified atom stereocenters. The van der Waals surface area contributed by atoms with Gasteiger partial charge in [0, 0.05) is 12.1 Å². The summed E-state index contributed by atoms with van der Waals surface area (Å²) in [5.41, 5.74) is 3.14. The summed E-state index contributed by atoms with van der Waals surface area (Å²) in [5.74, 6) is 1.01. The van der Waals surface area contributed by atoms with Crippen LogP contribution in [0, 0.1) is 12.3 Å². The lowest BCUT2D eigenvalue weighted by molar-refractivity contribution is -0.0994. The molecule has 3 rings (SSSR count). The highest BCUT2D eigenvalue weighted by atomic mass is 16.5. The Morgan fingerprint density at radius 1 is 1.32 bits per heavy atom. The summed E-state index contributed by atoms with van der Waals surface area (Å²) in [5, 5.41) is 3.37. The zero-order valence-corrected chi connectivity index (χ0v) is 12.1. The number of rotatable bonds is 5. The van der Waals surface area contributed by atoms with Crippen LogP contribution in [0.15, 0.2) is 18.2 Å². The molecule has 1 aliphatic heterocycles. The Labute approximate surface area is 115 Å². The van der Waals surface area contributed by atoms with Gasteiger partial charge in [0.1, 0.15) is 5.75 Å². The molecule has 0 spiro atoms. The molecular formula is C16H23NO2. The molecule has 1 aromatic rings. The van der Waals surface area contributed by atoms with Gasteiger partial charge in [-0.05, 0) is 38.3 Å². The molecule has 0 atom stereocenters. The molecule has 1 heterocycles. The van der Waals surface area contributed by atoms with E-state index in [2.05, 4.69) is 30.4 Å². The van der Waals surface area contributed by atoms with E-state index in [1.165, 1.54) is 24.0 Å². The van der Waals surface area contributed by atoms with E-state index in [1.807, 2.05) is 7.05 Å². The minimum atomic E-state index is 0.146. The number of hydrogen-bond donors (Lipinski definition) is 1. The lowest BCUT2D eigenvalue weighted by atomic mass is 9.65. The summed E-state index contributed by atoms with van der Waals surface area (Å²) in [6.45, 7) is 4.87. The first kappa shape index (κ1) is 12.9. The molecule has 3 nitrogen and oxygen atoms in total. The highest BCUT2D eigenvalue weighted by molar-refractivity contribution is 5.47. The van der Waals surface area contributed by atoms with Gasteiger partial charge in [0.05, 0.1) is 25.7 Å². The lowest BCUT2D eigenvalue weighted by Gasteiger charge is -2.49. The van der Waals surface area contributed by atoms with Gasteiger partial charge < -0.3 is 14.8 Å². The maximum atomic E-state index is 5.62. The molecule has 1 N–H and O–H groups in total. The largest absolute Gasteiger partial charge is 0.496 e. The normalized spacial score (nSPS) is 22.7. The third kappa shape index (κ3) is 1.79. The zero-order chi connectivity index (χ0) is 13.5. The zero-order valence-electron chi connectivity index (χ0n) is 12.1. The summed E-state index contributed by atoms with van der Waals surface area (Å²) in [4.78, 5) is 0. The van der Waals surface area contributed by atoms with Gasteiger partial charge in [-0.3, -0.25) is 0 Å². The molecule has 104 valence electrons. The number of methoxy groups -OCH3 is 1. The summed E-state index contributed by atoms with van der Waals surface area (Å²) in [7, 11) is 3.81. The van der Waals surface area contributed by atoms with E-state index in [4.69, 9.17) is 9.47 Å². The van der Waals surface area contributed by atoms with Crippen LogP contribution in [0.1, 0.15) is 24.0 Å². The molecule has 0 radical (unpaired) electrons. The van der Waals surface area contributed by atoms with Crippen LogP contribution in [-0.4, -0.2) is 33.9 Å². The van der Waals surface area contributed by atoms with Crippen LogP contribution < -0.4 is 10.1 Å². The van der Waals surface area contributed by atoms with Crippen molar-refractivity contribution in [3.05, 3.63) is 29.3 Å². The van der Waals surface area contributed by atoms with Crippen molar-refractivity contribution >= 4 is 0 Å². The second-order valence-corrected chi connectivity index (χ2v) is 6.09. The number of aryl methyl sites for hydroxylation is 1. The van der Waals surface area contributed by atoms with Crippen LogP contribution >= 0.6 is 0 Å². The smallest absolute Gasteiger partial charge is 0.122 e. The van der Waals surface area contributed by atoms with Crippen molar-refractivity contribution in [2.75, 3.05) is 33.9 Å². The quantitative estimate of drug-likeness (QED) is 0.882. The maximum Gasteiger partial charge on any atom is 0.122 e. The Hall–Kier alpha value is -1.06. The van der Waals surface area contributed by atoms with Gasteiger partial charge in [0.15, 0.2) is 0 Å². The van der Waals surface area contributed by atoms with Crippen molar-refractivity contribution in [3.63, 3.8) is 0 Å². The molecule has 19 heavy (non-hydrogen) atoms. The van der Waals surface area contributed by atoms with E-state index in [-0.39, 0.29) is 5.41 Å². The Morgan fingerprint density at radius 3 is 2.53 bits per heavy atom. The Bertz CT molecular complexity index is 476. The summed E-state index contributed by atoms with van der Waals surface area (Å²) in [6, 6.07) is 6.50. The van der Waals surface area contributed by atoms with Crippen molar-refractivity contribution in [3.8, 4) is 5.75 Å². The van der Waals surface area contributed by atoms with Gasteiger partial charge in [-0.25, -0.2) is 0 Å².